The number of nitrogens with one attached hydrogen (secondary N) is 1. The van der Waals surface area contributed by atoms with E-state index in [1.165, 1.54) is 0 Å². The molecule has 78 valence electrons. The predicted octanol–water partition coefficient (Wildman–Crippen LogP) is 2.65. The van der Waals surface area contributed by atoms with Crippen molar-refractivity contribution in [3.63, 3.8) is 0 Å². The van der Waals surface area contributed by atoms with E-state index in [9.17, 15) is 0 Å². The molecule has 1 aromatic rings. The Morgan fingerprint density at radius 3 is 2.64 bits per heavy atom. The molecule has 0 fully saturated rings. The zero-order valence-corrected chi connectivity index (χ0v) is 9.17. The van der Waals surface area contributed by atoms with Gasteiger partial charge in [-0.1, -0.05) is 13.3 Å². The molecule has 0 aromatic carbocycles. The van der Waals surface area contributed by atoms with Gasteiger partial charge in [-0.05, 0) is 32.4 Å². The monoisotopic (exact) mass is 193 g/mol. The molecule has 0 unspecified atom stereocenters. The van der Waals surface area contributed by atoms with Gasteiger partial charge in [0.2, 0.25) is 0 Å². The summed E-state index contributed by atoms with van der Waals surface area (Å²) in [5.41, 5.74) is 6.35. The van der Waals surface area contributed by atoms with E-state index in [-0.39, 0.29) is 5.54 Å². The van der Waals surface area contributed by atoms with Crippen molar-refractivity contribution < 1.29 is 0 Å². The summed E-state index contributed by atoms with van der Waals surface area (Å²) in [7, 11) is 0. The van der Waals surface area contributed by atoms with Gasteiger partial charge in [-0.15, -0.1) is 0 Å². The number of hydrogen-bond donors (Lipinski definition) is 2. The first-order valence-corrected chi connectivity index (χ1v) is 5.03. The van der Waals surface area contributed by atoms with Crippen LogP contribution in [-0.2, 0) is 0 Å². The molecule has 14 heavy (non-hydrogen) atoms. The van der Waals surface area contributed by atoms with Crippen molar-refractivity contribution in [1.29, 1.82) is 0 Å². The summed E-state index contributed by atoms with van der Waals surface area (Å²) in [6.07, 6.45) is 3.96. The fourth-order valence-electron chi connectivity index (χ4n) is 1.51. The molecule has 3 heteroatoms. The van der Waals surface area contributed by atoms with Crippen LogP contribution in [0.1, 0.15) is 33.6 Å². The summed E-state index contributed by atoms with van der Waals surface area (Å²) in [6.45, 7) is 6.53. The topological polar surface area (TPSA) is 50.9 Å². The van der Waals surface area contributed by atoms with Gasteiger partial charge in [0.1, 0.15) is 5.82 Å². The number of nitrogens with zero attached hydrogens (tertiary/aromatic N) is 1. The van der Waals surface area contributed by atoms with Crippen LogP contribution in [0.15, 0.2) is 18.3 Å². The highest BCUT2D eigenvalue weighted by molar-refractivity contribution is 5.44. The molecule has 0 saturated carbocycles. The lowest BCUT2D eigenvalue weighted by Crippen LogP contribution is -2.30. The fraction of sp³-hybridized carbons (Fsp3) is 0.545. The molecule has 3 nitrogen and oxygen atoms in total. The third kappa shape index (κ3) is 3.24. The van der Waals surface area contributed by atoms with Crippen LogP contribution in [0.3, 0.4) is 0 Å². The second kappa shape index (κ2) is 4.31. The summed E-state index contributed by atoms with van der Waals surface area (Å²) in [4.78, 5) is 4.21. The quantitative estimate of drug-likeness (QED) is 0.773. The van der Waals surface area contributed by atoms with Crippen LogP contribution < -0.4 is 11.1 Å². The van der Waals surface area contributed by atoms with Gasteiger partial charge in [0, 0.05) is 5.54 Å². The Labute approximate surface area is 85.7 Å². The van der Waals surface area contributed by atoms with Crippen LogP contribution in [0, 0.1) is 0 Å². The van der Waals surface area contributed by atoms with Crippen LogP contribution in [0.5, 0.6) is 0 Å². The zero-order chi connectivity index (χ0) is 10.6. The van der Waals surface area contributed by atoms with E-state index in [2.05, 4.69) is 31.1 Å². The van der Waals surface area contributed by atoms with Crippen LogP contribution in [0.25, 0.3) is 0 Å². The molecule has 1 heterocycles. The number of rotatable bonds is 4. The standard InChI is InChI=1S/C11H19N3/c1-4-7-11(2,3)14-10-6-5-9(12)8-13-10/h5-6,8H,4,7,12H2,1-3H3,(H,13,14). The lowest BCUT2D eigenvalue weighted by molar-refractivity contribution is 0.509. The average molecular weight is 193 g/mol. The highest BCUT2D eigenvalue weighted by Gasteiger charge is 2.15. The molecule has 0 aliphatic heterocycles. The molecule has 0 bridgehead atoms. The minimum absolute atomic E-state index is 0.0951. The third-order valence-electron chi connectivity index (χ3n) is 2.13. The second-order valence-electron chi connectivity index (χ2n) is 4.24. The Morgan fingerprint density at radius 1 is 1.43 bits per heavy atom. The molecule has 0 amide bonds. The van der Waals surface area contributed by atoms with Crippen molar-refractivity contribution in [2.45, 2.75) is 39.2 Å². The number of hydrogen-bond acceptors (Lipinski definition) is 3. The van der Waals surface area contributed by atoms with Crippen molar-refractivity contribution in [2.75, 3.05) is 11.1 Å². The van der Waals surface area contributed by atoms with Gasteiger partial charge in [0.25, 0.3) is 0 Å². The smallest absolute Gasteiger partial charge is 0.126 e. The Balaban J connectivity index is 2.64. The molecule has 0 saturated heterocycles. The number of aromatic nitrogens is 1. The maximum Gasteiger partial charge on any atom is 0.126 e. The normalized spacial score (nSPS) is 11.4. The highest BCUT2D eigenvalue weighted by atomic mass is 15.0. The van der Waals surface area contributed by atoms with Gasteiger partial charge >= 0.3 is 0 Å². The first-order valence-electron chi connectivity index (χ1n) is 5.03. The van der Waals surface area contributed by atoms with Crippen LogP contribution in [0.2, 0.25) is 0 Å². The highest BCUT2D eigenvalue weighted by Crippen LogP contribution is 2.18. The Bertz CT molecular complexity index is 277. The third-order valence-corrected chi connectivity index (χ3v) is 2.13. The van der Waals surface area contributed by atoms with Gasteiger partial charge < -0.3 is 11.1 Å². The summed E-state index contributed by atoms with van der Waals surface area (Å²) >= 11 is 0. The minimum Gasteiger partial charge on any atom is -0.397 e. The minimum atomic E-state index is 0.0951. The number of anilines is 2. The number of nitrogens with two attached hydrogens (primary N) is 1. The molecule has 0 aliphatic carbocycles. The van der Waals surface area contributed by atoms with Crippen molar-refractivity contribution >= 4 is 11.5 Å². The molecule has 3 N–H and O–H groups in total. The van der Waals surface area contributed by atoms with Gasteiger partial charge in [0.15, 0.2) is 0 Å². The zero-order valence-electron chi connectivity index (χ0n) is 9.17. The van der Waals surface area contributed by atoms with E-state index in [1.807, 2.05) is 12.1 Å². The van der Waals surface area contributed by atoms with E-state index in [0.717, 1.165) is 18.7 Å². The summed E-state index contributed by atoms with van der Waals surface area (Å²) in [6, 6.07) is 3.77. The van der Waals surface area contributed by atoms with E-state index in [0.29, 0.717) is 5.69 Å². The Kier molecular flexibility index (Phi) is 3.33. The maximum absolute atomic E-state index is 5.56. The molecular formula is C11H19N3. The van der Waals surface area contributed by atoms with Gasteiger partial charge in [-0.25, -0.2) is 4.98 Å². The van der Waals surface area contributed by atoms with Crippen LogP contribution in [0.4, 0.5) is 11.5 Å². The lowest BCUT2D eigenvalue weighted by atomic mass is 9.99. The van der Waals surface area contributed by atoms with Crippen molar-refractivity contribution in [3.8, 4) is 0 Å². The van der Waals surface area contributed by atoms with Crippen molar-refractivity contribution in [3.05, 3.63) is 18.3 Å². The molecular weight excluding hydrogens is 174 g/mol. The Morgan fingerprint density at radius 2 is 2.14 bits per heavy atom. The summed E-state index contributed by atoms with van der Waals surface area (Å²) < 4.78 is 0. The fourth-order valence-corrected chi connectivity index (χ4v) is 1.51. The second-order valence-corrected chi connectivity index (χ2v) is 4.24. The molecule has 0 atom stereocenters. The molecule has 0 aliphatic rings. The largest absolute Gasteiger partial charge is 0.397 e. The van der Waals surface area contributed by atoms with E-state index >= 15 is 0 Å². The van der Waals surface area contributed by atoms with Crippen LogP contribution in [-0.4, -0.2) is 10.5 Å². The van der Waals surface area contributed by atoms with E-state index < -0.39 is 0 Å². The molecule has 1 rings (SSSR count). The van der Waals surface area contributed by atoms with Crippen molar-refractivity contribution in [2.24, 2.45) is 0 Å². The van der Waals surface area contributed by atoms with Gasteiger partial charge in [-0.2, -0.15) is 0 Å². The predicted molar refractivity (Wildman–Crippen MR) is 61.3 cm³/mol. The van der Waals surface area contributed by atoms with Gasteiger partial charge in [0.05, 0.1) is 11.9 Å². The number of pyridine rings is 1. The summed E-state index contributed by atoms with van der Waals surface area (Å²) in [5.74, 6) is 0.887. The van der Waals surface area contributed by atoms with E-state index in [1.54, 1.807) is 6.20 Å². The van der Waals surface area contributed by atoms with Crippen LogP contribution >= 0.6 is 0 Å². The first kappa shape index (κ1) is 10.8. The van der Waals surface area contributed by atoms with E-state index in [4.69, 9.17) is 5.73 Å². The van der Waals surface area contributed by atoms with Gasteiger partial charge in [-0.3, -0.25) is 0 Å². The average Bonchev–Trinajstić information content (AvgIpc) is 2.08. The molecule has 1 aromatic heterocycles. The van der Waals surface area contributed by atoms with Crippen molar-refractivity contribution in [1.82, 2.24) is 4.98 Å². The lowest BCUT2D eigenvalue weighted by Gasteiger charge is -2.26. The number of nitrogen functional groups attached to an aromatic ring is 1. The summed E-state index contributed by atoms with van der Waals surface area (Å²) in [5, 5.41) is 3.38. The Hall–Kier alpha value is -1.25. The molecule has 0 radical (unpaired) electrons. The SMILES string of the molecule is CCCC(C)(C)Nc1ccc(N)cn1. The maximum atomic E-state index is 5.56. The first-order chi connectivity index (χ1) is 6.53. The molecule has 0 spiro atoms.